The lowest BCUT2D eigenvalue weighted by atomic mass is 9.98. The molecule has 19 heavy (non-hydrogen) atoms. The van der Waals surface area contributed by atoms with Crippen LogP contribution in [0, 0.1) is 5.92 Å². The van der Waals surface area contributed by atoms with Crippen LogP contribution in [-0.4, -0.2) is 32.0 Å². The van der Waals surface area contributed by atoms with Crippen molar-refractivity contribution in [2.45, 2.75) is 12.8 Å². The molecule has 5 heteroatoms. The first-order chi connectivity index (χ1) is 9.17. The van der Waals surface area contributed by atoms with Crippen LogP contribution in [0.3, 0.4) is 0 Å². The smallest absolute Gasteiger partial charge is 0.224 e. The van der Waals surface area contributed by atoms with Gasteiger partial charge in [-0.25, -0.2) is 0 Å². The van der Waals surface area contributed by atoms with Crippen LogP contribution in [0.15, 0.2) is 30.3 Å². The second-order valence-electron chi connectivity index (χ2n) is 4.34. The molecule has 1 unspecified atom stereocenters. The minimum atomic E-state index is -0.257. The largest absolute Gasteiger partial charge is 0.359 e. The van der Waals surface area contributed by atoms with Crippen LogP contribution in [-0.2, 0) is 16.0 Å². The predicted octanol–water partition coefficient (Wildman–Crippen LogP) is 0.0563. The molecule has 5 nitrogen and oxygen atoms in total. The van der Waals surface area contributed by atoms with E-state index in [1.807, 2.05) is 30.3 Å². The summed E-state index contributed by atoms with van der Waals surface area (Å²) < 4.78 is 0. The molecule has 0 saturated heterocycles. The highest BCUT2D eigenvalue weighted by atomic mass is 16.2. The molecule has 4 N–H and O–H groups in total. The van der Waals surface area contributed by atoms with Gasteiger partial charge in [-0.1, -0.05) is 30.3 Å². The van der Waals surface area contributed by atoms with Gasteiger partial charge in [-0.2, -0.15) is 0 Å². The summed E-state index contributed by atoms with van der Waals surface area (Å²) in [5.41, 5.74) is 6.72. The van der Waals surface area contributed by atoms with E-state index in [9.17, 15) is 9.59 Å². The number of benzene rings is 1. The van der Waals surface area contributed by atoms with Gasteiger partial charge in [-0.05, 0) is 12.0 Å². The van der Waals surface area contributed by atoms with E-state index in [0.29, 0.717) is 19.5 Å². The molecular weight excluding hydrogens is 242 g/mol. The standard InChI is InChI=1S/C14H21N3O2/c1-16-13(18)7-8-17-14(19)12(10-15)9-11-5-3-2-4-6-11/h2-6,12H,7-10,15H2,1H3,(H,16,18)(H,17,19). The Morgan fingerprint density at radius 2 is 1.95 bits per heavy atom. The molecule has 0 heterocycles. The van der Waals surface area contributed by atoms with Crippen molar-refractivity contribution in [3.63, 3.8) is 0 Å². The van der Waals surface area contributed by atoms with Gasteiger partial charge in [0, 0.05) is 26.6 Å². The molecule has 2 amide bonds. The molecule has 0 spiro atoms. The third kappa shape index (κ3) is 5.52. The summed E-state index contributed by atoms with van der Waals surface area (Å²) in [6.07, 6.45) is 0.897. The third-order valence-electron chi connectivity index (χ3n) is 2.91. The lowest BCUT2D eigenvalue weighted by Crippen LogP contribution is -2.38. The number of nitrogens with one attached hydrogen (secondary N) is 2. The van der Waals surface area contributed by atoms with Crippen molar-refractivity contribution in [1.29, 1.82) is 0 Å². The number of amides is 2. The van der Waals surface area contributed by atoms with Gasteiger partial charge in [0.2, 0.25) is 11.8 Å². The molecule has 1 aromatic carbocycles. The highest BCUT2D eigenvalue weighted by Gasteiger charge is 2.16. The van der Waals surface area contributed by atoms with Gasteiger partial charge in [0.1, 0.15) is 0 Å². The predicted molar refractivity (Wildman–Crippen MR) is 74.4 cm³/mol. The summed E-state index contributed by atoms with van der Waals surface area (Å²) >= 11 is 0. The van der Waals surface area contributed by atoms with E-state index in [2.05, 4.69) is 10.6 Å². The fourth-order valence-electron chi connectivity index (χ4n) is 1.75. The van der Waals surface area contributed by atoms with E-state index in [1.54, 1.807) is 7.05 Å². The van der Waals surface area contributed by atoms with Crippen molar-refractivity contribution in [1.82, 2.24) is 10.6 Å². The molecule has 1 rings (SSSR count). The first-order valence-corrected chi connectivity index (χ1v) is 6.39. The Morgan fingerprint density at radius 1 is 1.26 bits per heavy atom. The maximum atomic E-state index is 11.9. The first kappa shape index (κ1) is 15.2. The van der Waals surface area contributed by atoms with Gasteiger partial charge < -0.3 is 16.4 Å². The van der Waals surface area contributed by atoms with Crippen LogP contribution in [0.5, 0.6) is 0 Å². The van der Waals surface area contributed by atoms with Gasteiger partial charge in [-0.3, -0.25) is 9.59 Å². The van der Waals surface area contributed by atoms with Crippen LogP contribution in [0.25, 0.3) is 0 Å². The summed E-state index contributed by atoms with van der Waals surface area (Å²) in [5, 5.41) is 5.25. The Labute approximate surface area is 113 Å². The van der Waals surface area contributed by atoms with E-state index in [4.69, 9.17) is 5.73 Å². The number of rotatable bonds is 7. The molecular formula is C14H21N3O2. The summed E-state index contributed by atoms with van der Waals surface area (Å²) in [4.78, 5) is 23.0. The molecule has 0 bridgehead atoms. The summed E-state index contributed by atoms with van der Waals surface area (Å²) in [5.74, 6) is -0.449. The number of hydrogen-bond acceptors (Lipinski definition) is 3. The van der Waals surface area contributed by atoms with Crippen molar-refractivity contribution in [2.75, 3.05) is 20.1 Å². The second kappa shape index (κ2) is 8.26. The van der Waals surface area contributed by atoms with Crippen LogP contribution < -0.4 is 16.4 Å². The number of nitrogens with two attached hydrogens (primary N) is 1. The van der Waals surface area contributed by atoms with E-state index in [-0.39, 0.29) is 24.2 Å². The number of carbonyl (C=O) groups excluding carboxylic acids is 2. The van der Waals surface area contributed by atoms with E-state index in [0.717, 1.165) is 5.56 Å². The first-order valence-electron chi connectivity index (χ1n) is 6.39. The van der Waals surface area contributed by atoms with Gasteiger partial charge in [0.05, 0.1) is 5.92 Å². The zero-order valence-corrected chi connectivity index (χ0v) is 11.2. The maximum Gasteiger partial charge on any atom is 0.224 e. The topological polar surface area (TPSA) is 84.2 Å². The fraction of sp³-hybridized carbons (Fsp3) is 0.429. The van der Waals surface area contributed by atoms with Crippen molar-refractivity contribution < 1.29 is 9.59 Å². The van der Waals surface area contributed by atoms with Crippen LogP contribution in [0.2, 0.25) is 0 Å². The monoisotopic (exact) mass is 263 g/mol. The van der Waals surface area contributed by atoms with Crippen LogP contribution in [0.4, 0.5) is 0 Å². The average Bonchev–Trinajstić information content (AvgIpc) is 2.45. The molecule has 1 aromatic rings. The van der Waals surface area contributed by atoms with Crippen LogP contribution in [0.1, 0.15) is 12.0 Å². The Bertz CT molecular complexity index is 406. The quantitative estimate of drug-likeness (QED) is 0.650. The Morgan fingerprint density at radius 3 is 2.53 bits per heavy atom. The highest BCUT2D eigenvalue weighted by molar-refractivity contribution is 5.80. The van der Waals surface area contributed by atoms with Crippen molar-refractivity contribution >= 4 is 11.8 Å². The zero-order chi connectivity index (χ0) is 14.1. The highest BCUT2D eigenvalue weighted by Crippen LogP contribution is 2.07. The lowest BCUT2D eigenvalue weighted by molar-refractivity contribution is -0.125. The van der Waals surface area contributed by atoms with Gasteiger partial charge in [0.15, 0.2) is 0 Å². The SMILES string of the molecule is CNC(=O)CCNC(=O)C(CN)Cc1ccccc1. The summed E-state index contributed by atoms with van der Waals surface area (Å²) in [7, 11) is 1.57. The molecule has 0 fully saturated rings. The Hall–Kier alpha value is -1.88. The summed E-state index contributed by atoms with van der Waals surface area (Å²) in [6, 6.07) is 9.75. The van der Waals surface area contributed by atoms with Crippen molar-refractivity contribution in [3.8, 4) is 0 Å². The number of hydrogen-bond donors (Lipinski definition) is 3. The summed E-state index contributed by atoms with van der Waals surface area (Å²) in [6.45, 7) is 0.629. The molecule has 0 aliphatic rings. The Balaban J connectivity index is 2.41. The van der Waals surface area contributed by atoms with E-state index in [1.165, 1.54) is 0 Å². The van der Waals surface area contributed by atoms with Crippen LogP contribution >= 0.6 is 0 Å². The maximum absolute atomic E-state index is 11.9. The zero-order valence-electron chi connectivity index (χ0n) is 11.2. The molecule has 0 aromatic heterocycles. The molecule has 1 atom stereocenters. The van der Waals surface area contributed by atoms with E-state index >= 15 is 0 Å². The lowest BCUT2D eigenvalue weighted by Gasteiger charge is -2.14. The normalized spacial score (nSPS) is 11.7. The second-order valence-corrected chi connectivity index (χ2v) is 4.34. The van der Waals surface area contributed by atoms with Gasteiger partial charge in [0.25, 0.3) is 0 Å². The molecule has 0 radical (unpaired) electrons. The van der Waals surface area contributed by atoms with Gasteiger partial charge >= 0.3 is 0 Å². The van der Waals surface area contributed by atoms with E-state index < -0.39 is 0 Å². The van der Waals surface area contributed by atoms with Gasteiger partial charge in [-0.15, -0.1) is 0 Å². The minimum Gasteiger partial charge on any atom is -0.359 e. The van der Waals surface area contributed by atoms with Crippen molar-refractivity contribution in [3.05, 3.63) is 35.9 Å². The average molecular weight is 263 g/mol. The minimum absolute atomic E-state index is 0.0901. The molecule has 0 aliphatic carbocycles. The molecule has 0 saturated carbocycles. The molecule has 104 valence electrons. The fourth-order valence-corrected chi connectivity index (χ4v) is 1.75. The molecule has 0 aliphatic heterocycles. The Kier molecular flexibility index (Phi) is 6.60. The third-order valence-corrected chi connectivity index (χ3v) is 2.91. The number of carbonyl (C=O) groups is 2. The van der Waals surface area contributed by atoms with Crippen molar-refractivity contribution in [2.24, 2.45) is 11.7 Å².